The summed E-state index contributed by atoms with van der Waals surface area (Å²) in [5.74, 6) is -1.67. The molecule has 1 aliphatic heterocycles. The molecule has 8 heteroatoms. The number of aryl methyl sites for hydroxylation is 2. The number of nitrogens with zero attached hydrogens (tertiary/aromatic N) is 1. The molecule has 2 aliphatic rings. The lowest BCUT2D eigenvalue weighted by molar-refractivity contribution is -0.150. The minimum atomic E-state index is -0.864. The van der Waals surface area contributed by atoms with Crippen molar-refractivity contribution < 1.29 is 23.9 Å². The highest BCUT2D eigenvalue weighted by atomic mass is 16.5. The molecule has 0 aromatic heterocycles. The number of benzene rings is 1. The fourth-order valence-corrected chi connectivity index (χ4v) is 3.51. The third-order valence-electron chi connectivity index (χ3n) is 5.02. The second-order valence-corrected chi connectivity index (χ2v) is 7.14. The number of carbonyl (C=O) groups is 4. The predicted octanol–water partition coefficient (Wildman–Crippen LogP) is 1.65. The highest BCUT2D eigenvalue weighted by Gasteiger charge is 2.52. The van der Waals surface area contributed by atoms with E-state index in [1.165, 1.54) is 0 Å². The van der Waals surface area contributed by atoms with Crippen LogP contribution in [-0.4, -0.2) is 47.4 Å². The fourth-order valence-electron chi connectivity index (χ4n) is 3.51. The lowest BCUT2D eigenvalue weighted by Crippen LogP contribution is -2.44. The summed E-state index contributed by atoms with van der Waals surface area (Å²) in [6, 6.07) is 5.05. The summed E-state index contributed by atoms with van der Waals surface area (Å²) in [5.41, 5.74) is 1.67. The van der Waals surface area contributed by atoms with E-state index in [0.29, 0.717) is 18.5 Å². The Morgan fingerprint density at radius 2 is 1.93 bits per heavy atom. The summed E-state index contributed by atoms with van der Waals surface area (Å²) in [6.45, 7) is 2.78. The van der Waals surface area contributed by atoms with E-state index in [0.717, 1.165) is 28.9 Å². The van der Waals surface area contributed by atoms with Gasteiger partial charge in [0.1, 0.15) is 12.1 Å². The third kappa shape index (κ3) is 3.94. The van der Waals surface area contributed by atoms with Crippen molar-refractivity contribution in [3.63, 3.8) is 0 Å². The Bertz CT molecular complexity index is 799. The number of imide groups is 1. The average molecular weight is 373 g/mol. The van der Waals surface area contributed by atoms with Gasteiger partial charge in [-0.1, -0.05) is 25.0 Å². The Balaban J connectivity index is 1.51. The summed E-state index contributed by atoms with van der Waals surface area (Å²) in [5, 5.41) is 5.38. The highest BCUT2D eigenvalue weighted by molar-refractivity contribution is 6.09. The molecule has 1 aromatic carbocycles. The van der Waals surface area contributed by atoms with Crippen molar-refractivity contribution in [3.8, 4) is 0 Å². The number of rotatable bonds is 5. The molecule has 1 heterocycles. The van der Waals surface area contributed by atoms with E-state index in [-0.39, 0.29) is 5.91 Å². The van der Waals surface area contributed by atoms with Crippen molar-refractivity contribution >= 4 is 29.5 Å². The molecular weight excluding hydrogens is 350 g/mol. The first-order valence-electron chi connectivity index (χ1n) is 8.97. The van der Waals surface area contributed by atoms with Crippen LogP contribution in [0.15, 0.2) is 18.2 Å². The Hall–Kier alpha value is -2.90. The summed E-state index contributed by atoms with van der Waals surface area (Å²) in [6.07, 6.45) is 2.90. The van der Waals surface area contributed by atoms with Crippen LogP contribution < -0.4 is 10.6 Å². The number of hydrogen-bond donors (Lipinski definition) is 2. The van der Waals surface area contributed by atoms with Crippen LogP contribution in [0.4, 0.5) is 10.5 Å². The monoisotopic (exact) mass is 373 g/mol. The van der Waals surface area contributed by atoms with Crippen molar-refractivity contribution in [1.82, 2.24) is 10.2 Å². The van der Waals surface area contributed by atoms with E-state index in [1.807, 2.05) is 32.0 Å². The molecule has 3 rings (SSSR count). The van der Waals surface area contributed by atoms with Crippen LogP contribution in [0.1, 0.15) is 36.8 Å². The van der Waals surface area contributed by atoms with E-state index in [1.54, 1.807) is 0 Å². The van der Waals surface area contributed by atoms with Gasteiger partial charge in [-0.15, -0.1) is 0 Å². The molecule has 0 radical (unpaired) electrons. The molecule has 1 spiro atoms. The van der Waals surface area contributed by atoms with Gasteiger partial charge in [-0.2, -0.15) is 0 Å². The van der Waals surface area contributed by atoms with Gasteiger partial charge >= 0.3 is 12.0 Å². The normalized spacial score (nSPS) is 17.9. The molecule has 8 nitrogen and oxygen atoms in total. The number of nitrogens with one attached hydrogen (secondary N) is 2. The Labute approximate surface area is 157 Å². The molecule has 144 valence electrons. The number of carbonyl (C=O) groups excluding carboxylic acids is 4. The molecule has 1 saturated heterocycles. The van der Waals surface area contributed by atoms with Gasteiger partial charge < -0.3 is 15.4 Å². The van der Waals surface area contributed by atoms with Gasteiger partial charge in [0.15, 0.2) is 6.61 Å². The minimum Gasteiger partial charge on any atom is -0.454 e. The van der Waals surface area contributed by atoms with Crippen LogP contribution in [0.25, 0.3) is 0 Å². The number of hydrogen-bond acceptors (Lipinski definition) is 5. The molecule has 1 aromatic rings. The molecule has 27 heavy (non-hydrogen) atoms. The SMILES string of the molecule is Cc1ccc(C)c(NC(=O)COC(=O)CN2C(=O)NC3(CCCC3)C2=O)c1. The van der Waals surface area contributed by atoms with Crippen LogP contribution in [0.3, 0.4) is 0 Å². The maximum atomic E-state index is 12.5. The first-order chi connectivity index (χ1) is 12.8. The average Bonchev–Trinajstić information content (AvgIpc) is 3.17. The van der Waals surface area contributed by atoms with Crippen LogP contribution in [0.5, 0.6) is 0 Å². The molecule has 0 bridgehead atoms. The van der Waals surface area contributed by atoms with Crippen molar-refractivity contribution in [2.45, 2.75) is 45.1 Å². The van der Waals surface area contributed by atoms with Gasteiger partial charge in [-0.05, 0) is 43.9 Å². The highest BCUT2D eigenvalue weighted by Crippen LogP contribution is 2.34. The minimum absolute atomic E-state index is 0.387. The lowest BCUT2D eigenvalue weighted by Gasteiger charge is -2.19. The molecular formula is C19H23N3O5. The Morgan fingerprint density at radius 3 is 2.63 bits per heavy atom. The van der Waals surface area contributed by atoms with E-state index in [9.17, 15) is 19.2 Å². The van der Waals surface area contributed by atoms with Crippen molar-refractivity contribution in [1.29, 1.82) is 0 Å². The van der Waals surface area contributed by atoms with Crippen LogP contribution in [-0.2, 0) is 19.1 Å². The lowest BCUT2D eigenvalue weighted by atomic mass is 9.98. The molecule has 4 amide bonds. The molecule has 2 fully saturated rings. The topological polar surface area (TPSA) is 105 Å². The standard InChI is InChI=1S/C19H23N3O5/c1-12-5-6-13(2)14(9-12)20-15(23)11-27-16(24)10-22-17(25)19(21-18(22)26)7-3-4-8-19/h5-6,9H,3-4,7-8,10-11H2,1-2H3,(H,20,23)(H,21,26). The van der Waals surface area contributed by atoms with Gasteiger partial charge in [-0.3, -0.25) is 19.3 Å². The van der Waals surface area contributed by atoms with Gasteiger partial charge in [-0.25, -0.2) is 4.79 Å². The second-order valence-electron chi connectivity index (χ2n) is 7.14. The van der Waals surface area contributed by atoms with Crippen LogP contribution in [0, 0.1) is 13.8 Å². The van der Waals surface area contributed by atoms with Crippen LogP contribution in [0.2, 0.25) is 0 Å². The van der Waals surface area contributed by atoms with Crippen molar-refractivity contribution in [2.75, 3.05) is 18.5 Å². The van der Waals surface area contributed by atoms with E-state index >= 15 is 0 Å². The maximum Gasteiger partial charge on any atom is 0.326 e. The van der Waals surface area contributed by atoms with Crippen molar-refractivity contribution in [2.24, 2.45) is 0 Å². The Kier molecular flexibility index (Phi) is 5.16. The number of ether oxygens (including phenoxy) is 1. The van der Waals surface area contributed by atoms with Crippen LogP contribution >= 0.6 is 0 Å². The molecule has 1 aliphatic carbocycles. The quantitative estimate of drug-likeness (QED) is 0.603. The number of esters is 1. The summed E-state index contributed by atoms with van der Waals surface area (Å²) < 4.78 is 4.93. The van der Waals surface area contributed by atoms with Gasteiger partial charge in [0.2, 0.25) is 0 Å². The number of amides is 4. The first kappa shape index (κ1) is 18.9. The number of urea groups is 1. The number of anilines is 1. The van der Waals surface area contributed by atoms with Gasteiger partial charge in [0.25, 0.3) is 11.8 Å². The summed E-state index contributed by atoms with van der Waals surface area (Å²) in [7, 11) is 0. The maximum absolute atomic E-state index is 12.5. The zero-order chi connectivity index (χ0) is 19.6. The smallest absolute Gasteiger partial charge is 0.326 e. The Morgan fingerprint density at radius 1 is 1.22 bits per heavy atom. The molecule has 2 N–H and O–H groups in total. The second kappa shape index (κ2) is 7.38. The van der Waals surface area contributed by atoms with Crippen molar-refractivity contribution in [3.05, 3.63) is 29.3 Å². The third-order valence-corrected chi connectivity index (χ3v) is 5.02. The molecule has 0 unspecified atom stereocenters. The van der Waals surface area contributed by atoms with E-state index in [2.05, 4.69) is 10.6 Å². The summed E-state index contributed by atoms with van der Waals surface area (Å²) >= 11 is 0. The van der Waals surface area contributed by atoms with E-state index in [4.69, 9.17) is 4.74 Å². The largest absolute Gasteiger partial charge is 0.454 e. The predicted molar refractivity (Wildman–Crippen MR) is 96.9 cm³/mol. The summed E-state index contributed by atoms with van der Waals surface area (Å²) in [4.78, 5) is 49.4. The molecule has 0 atom stereocenters. The first-order valence-corrected chi connectivity index (χ1v) is 8.97. The zero-order valence-corrected chi connectivity index (χ0v) is 15.5. The van der Waals surface area contributed by atoms with E-state index < -0.39 is 36.6 Å². The molecule has 1 saturated carbocycles. The fraction of sp³-hybridized carbons (Fsp3) is 0.474. The van der Waals surface area contributed by atoms with Gasteiger partial charge in [0.05, 0.1) is 0 Å². The zero-order valence-electron chi connectivity index (χ0n) is 15.5. The van der Waals surface area contributed by atoms with Gasteiger partial charge in [0, 0.05) is 5.69 Å².